The Balaban J connectivity index is 0. The molecule has 1 unspecified atom stereocenters. The van der Waals surface area contributed by atoms with Crippen LogP contribution < -0.4 is 5.32 Å². The molecule has 1 atom stereocenters. The summed E-state index contributed by atoms with van der Waals surface area (Å²) in [6.07, 6.45) is 1.32. The Morgan fingerprint density at radius 3 is 2.08 bits per heavy atom. The summed E-state index contributed by atoms with van der Waals surface area (Å²) in [4.78, 5) is 0. The highest BCUT2D eigenvalue weighted by Crippen LogP contribution is 2.15. The van der Waals surface area contributed by atoms with Crippen molar-refractivity contribution < 1.29 is 0 Å². The smallest absolute Gasteiger partial charge is 0.0170 e. The summed E-state index contributed by atoms with van der Waals surface area (Å²) in [5.74, 6) is 1.30. The van der Waals surface area contributed by atoms with Crippen LogP contribution in [0.5, 0.6) is 0 Å². The van der Waals surface area contributed by atoms with Crippen molar-refractivity contribution in [2.24, 2.45) is 0 Å². The first-order valence-electron chi connectivity index (χ1n) is 5.26. The van der Waals surface area contributed by atoms with Gasteiger partial charge in [-0.2, -0.15) is 11.8 Å². The monoisotopic (exact) mass is 191 g/mol. The molecule has 1 saturated heterocycles. The van der Waals surface area contributed by atoms with Crippen molar-refractivity contribution in [2.45, 2.75) is 46.3 Å². The minimum absolute atomic E-state index is 0.892. The maximum absolute atomic E-state index is 3.36. The summed E-state index contributed by atoms with van der Waals surface area (Å²) in [6.45, 7) is 12.7. The van der Waals surface area contributed by atoms with E-state index < -0.39 is 0 Å². The van der Waals surface area contributed by atoms with E-state index in [1.165, 1.54) is 25.3 Å². The first kappa shape index (κ1) is 14.8. The fourth-order valence-corrected chi connectivity index (χ4v) is 1.95. The van der Waals surface area contributed by atoms with Crippen molar-refractivity contribution in [2.75, 3.05) is 18.8 Å². The molecule has 1 aliphatic rings. The molecule has 0 radical (unpaired) electrons. The molecule has 2 heteroatoms. The van der Waals surface area contributed by atoms with E-state index >= 15 is 0 Å². The molecule has 0 aromatic carbocycles. The summed E-state index contributed by atoms with van der Waals surface area (Å²) in [6, 6.07) is 0. The molecule has 1 N–H and O–H groups in total. The number of hydrogen-bond donors (Lipinski definition) is 1. The molecule has 1 nitrogen and oxygen atoms in total. The van der Waals surface area contributed by atoms with Crippen LogP contribution in [0.4, 0.5) is 0 Å². The van der Waals surface area contributed by atoms with Gasteiger partial charge in [0.25, 0.3) is 0 Å². The third-order valence-electron chi connectivity index (χ3n) is 1.46. The average Bonchev–Trinajstić information content (AvgIpc) is 2.25. The molecule has 1 fully saturated rings. The molecule has 0 bridgehead atoms. The summed E-state index contributed by atoms with van der Waals surface area (Å²) < 4.78 is 0. The van der Waals surface area contributed by atoms with Crippen molar-refractivity contribution >= 4 is 11.8 Å². The van der Waals surface area contributed by atoms with Gasteiger partial charge in [0.15, 0.2) is 0 Å². The van der Waals surface area contributed by atoms with Crippen molar-refractivity contribution in [1.29, 1.82) is 0 Å². The lowest BCUT2D eigenvalue weighted by Gasteiger charge is -2.20. The van der Waals surface area contributed by atoms with E-state index in [1.807, 2.05) is 27.7 Å². The van der Waals surface area contributed by atoms with Crippen LogP contribution in [0.3, 0.4) is 0 Å². The van der Waals surface area contributed by atoms with Crippen molar-refractivity contribution in [3.63, 3.8) is 0 Å². The number of nitrogens with one attached hydrogen (secondary N) is 1. The second kappa shape index (κ2) is 13.9. The largest absolute Gasteiger partial charge is 0.315 e. The van der Waals surface area contributed by atoms with E-state index in [0.29, 0.717) is 0 Å². The zero-order valence-corrected chi connectivity index (χ0v) is 10.1. The fourth-order valence-electron chi connectivity index (χ4n) is 0.882. The zero-order valence-electron chi connectivity index (χ0n) is 9.31. The van der Waals surface area contributed by atoms with Crippen LogP contribution in [0.25, 0.3) is 0 Å². The number of rotatable bonds is 1. The Morgan fingerprint density at radius 1 is 1.25 bits per heavy atom. The van der Waals surface area contributed by atoms with Gasteiger partial charge in [-0.15, -0.1) is 0 Å². The fraction of sp³-hybridized carbons (Fsp3) is 1.00. The van der Waals surface area contributed by atoms with Crippen molar-refractivity contribution in [3.8, 4) is 0 Å². The van der Waals surface area contributed by atoms with Gasteiger partial charge in [-0.3, -0.25) is 0 Å². The first-order chi connectivity index (χ1) is 5.93. The first-order valence-corrected chi connectivity index (χ1v) is 6.30. The Labute approximate surface area is 82.7 Å². The third kappa shape index (κ3) is 8.41. The lowest BCUT2D eigenvalue weighted by atomic mass is 10.3. The lowest BCUT2D eigenvalue weighted by molar-refractivity contribution is 0.658. The molecule has 0 amide bonds. The van der Waals surface area contributed by atoms with Crippen molar-refractivity contribution in [1.82, 2.24) is 5.32 Å². The van der Waals surface area contributed by atoms with Gasteiger partial charge in [0.05, 0.1) is 0 Å². The minimum Gasteiger partial charge on any atom is -0.315 e. The molecule has 0 spiro atoms. The maximum atomic E-state index is 3.36. The van der Waals surface area contributed by atoms with Crippen LogP contribution in [0.15, 0.2) is 0 Å². The molecule has 0 aromatic rings. The molecule has 1 rings (SSSR count). The molecular formula is C10H25NS. The van der Waals surface area contributed by atoms with Gasteiger partial charge in [-0.1, -0.05) is 34.6 Å². The molecule has 1 aliphatic heterocycles. The molecule has 1 heterocycles. The average molecular weight is 191 g/mol. The van der Waals surface area contributed by atoms with Gasteiger partial charge in [-0.25, -0.2) is 0 Å². The van der Waals surface area contributed by atoms with E-state index in [0.717, 1.165) is 5.25 Å². The molecule has 0 aliphatic carbocycles. The van der Waals surface area contributed by atoms with Crippen LogP contribution in [0, 0.1) is 0 Å². The SMILES string of the molecule is CC.CC.CCC1CNCCS1. The Bertz CT molecular complexity index is 60.9. The van der Waals surface area contributed by atoms with E-state index in [1.54, 1.807) is 0 Å². The second-order valence-corrected chi connectivity index (χ2v) is 3.51. The normalized spacial score (nSPS) is 21.2. The topological polar surface area (TPSA) is 12.0 Å². The molecule has 76 valence electrons. The summed E-state index contributed by atoms with van der Waals surface area (Å²) in [7, 11) is 0. The van der Waals surface area contributed by atoms with E-state index in [9.17, 15) is 0 Å². The molecule has 12 heavy (non-hydrogen) atoms. The zero-order chi connectivity index (χ0) is 9.82. The van der Waals surface area contributed by atoms with Crippen molar-refractivity contribution in [3.05, 3.63) is 0 Å². The Morgan fingerprint density at radius 2 is 1.83 bits per heavy atom. The van der Waals surface area contributed by atoms with Crippen LogP contribution in [-0.4, -0.2) is 24.1 Å². The van der Waals surface area contributed by atoms with Crippen LogP contribution >= 0.6 is 11.8 Å². The van der Waals surface area contributed by atoms with Gasteiger partial charge in [0.1, 0.15) is 0 Å². The molecule has 0 saturated carbocycles. The highest BCUT2D eigenvalue weighted by molar-refractivity contribution is 8.00. The summed E-state index contributed by atoms with van der Waals surface area (Å²) >= 11 is 2.10. The standard InChI is InChI=1S/C6H13NS.2C2H6/c1-2-6-5-7-3-4-8-6;2*1-2/h6-7H,2-5H2,1H3;2*1-2H3. The summed E-state index contributed by atoms with van der Waals surface area (Å²) in [5, 5.41) is 4.26. The second-order valence-electron chi connectivity index (χ2n) is 2.11. The highest BCUT2D eigenvalue weighted by atomic mass is 32.2. The van der Waals surface area contributed by atoms with E-state index in [4.69, 9.17) is 0 Å². The highest BCUT2D eigenvalue weighted by Gasteiger charge is 2.09. The number of thioether (sulfide) groups is 1. The third-order valence-corrected chi connectivity index (χ3v) is 2.87. The summed E-state index contributed by atoms with van der Waals surface area (Å²) in [5.41, 5.74) is 0. The Kier molecular flexibility index (Phi) is 17.1. The van der Waals surface area contributed by atoms with Gasteiger partial charge in [-0.05, 0) is 6.42 Å². The minimum atomic E-state index is 0.892. The van der Waals surface area contributed by atoms with Gasteiger partial charge < -0.3 is 5.32 Å². The molecular weight excluding hydrogens is 166 g/mol. The van der Waals surface area contributed by atoms with Gasteiger partial charge >= 0.3 is 0 Å². The maximum Gasteiger partial charge on any atom is 0.0170 e. The van der Waals surface area contributed by atoms with Crippen LogP contribution in [-0.2, 0) is 0 Å². The van der Waals surface area contributed by atoms with Gasteiger partial charge in [0.2, 0.25) is 0 Å². The van der Waals surface area contributed by atoms with E-state index in [-0.39, 0.29) is 0 Å². The predicted octanol–water partition coefficient (Wildman–Crippen LogP) is 3.15. The van der Waals surface area contributed by atoms with Crippen LogP contribution in [0.1, 0.15) is 41.0 Å². The number of hydrogen-bond acceptors (Lipinski definition) is 2. The molecule has 0 aromatic heterocycles. The van der Waals surface area contributed by atoms with Gasteiger partial charge in [0, 0.05) is 24.1 Å². The van der Waals surface area contributed by atoms with E-state index in [2.05, 4.69) is 24.0 Å². The quantitative estimate of drug-likeness (QED) is 0.683. The Hall–Kier alpha value is 0.310. The lowest BCUT2D eigenvalue weighted by Crippen LogP contribution is -2.32. The predicted molar refractivity (Wildman–Crippen MR) is 62.1 cm³/mol. The van der Waals surface area contributed by atoms with Crippen LogP contribution in [0.2, 0.25) is 0 Å².